The summed E-state index contributed by atoms with van der Waals surface area (Å²) in [5, 5.41) is 9.49. The van der Waals surface area contributed by atoms with Crippen LogP contribution in [-0.4, -0.2) is 39.5 Å². The Bertz CT molecular complexity index is 321. The van der Waals surface area contributed by atoms with E-state index in [0.29, 0.717) is 23.9 Å². The standard InChI is InChI=1S/C10H14N2O3S/c1-2-15-8(9(13)14)4-7-16-10-11-5-3-6-12-10/h3,5-6,8H,2,4,7H2,1H3,(H,13,14). The predicted molar refractivity (Wildman–Crippen MR) is 60.4 cm³/mol. The van der Waals surface area contributed by atoms with Gasteiger partial charge >= 0.3 is 5.97 Å². The smallest absolute Gasteiger partial charge is 0.332 e. The van der Waals surface area contributed by atoms with Gasteiger partial charge in [-0.15, -0.1) is 0 Å². The Morgan fingerprint density at radius 2 is 2.25 bits per heavy atom. The number of hydrogen-bond acceptors (Lipinski definition) is 5. The van der Waals surface area contributed by atoms with Crippen LogP contribution >= 0.6 is 11.8 Å². The van der Waals surface area contributed by atoms with E-state index in [2.05, 4.69) is 9.97 Å². The van der Waals surface area contributed by atoms with Gasteiger partial charge in [0.2, 0.25) is 0 Å². The van der Waals surface area contributed by atoms with E-state index < -0.39 is 12.1 Å². The molecule has 0 aliphatic heterocycles. The zero-order valence-corrected chi connectivity index (χ0v) is 9.81. The molecule has 6 heteroatoms. The van der Waals surface area contributed by atoms with Crippen molar-refractivity contribution in [3.8, 4) is 0 Å². The molecule has 1 atom stereocenters. The zero-order chi connectivity index (χ0) is 11.8. The molecule has 0 bridgehead atoms. The fourth-order valence-corrected chi connectivity index (χ4v) is 1.88. The molecule has 0 fully saturated rings. The van der Waals surface area contributed by atoms with Crippen LogP contribution < -0.4 is 0 Å². The number of aromatic nitrogens is 2. The normalized spacial score (nSPS) is 12.3. The van der Waals surface area contributed by atoms with Gasteiger partial charge in [0.15, 0.2) is 11.3 Å². The van der Waals surface area contributed by atoms with E-state index in [9.17, 15) is 4.79 Å². The maximum atomic E-state index is 10.8. The number of carboxylic acid groups (broad SMARTS) is 1. The Morgan fingerprint density at radius 3 is 2.81 bits per heavy atom. The highest BCUT2D eigenvalue weighted by Gasteiger charge is 2.16. The Morgan fingerprint density at radius 1 is 1.56 bits per heavy atom. The molecule has 0 radical (unpaired) electrons. The molecule has 1 aromatic heterocycles. The number of thioether (sulfide) groups is 1. The summed E-state index contributed by atoms with van der Waals surface area (Å²) in [6.45, 7) is 2.19. The van der Waals surface area contributed by atoms with E-state index >= 15 is 0 Å². The highest BCUT2D eigenvalue weighted by atomic mass is 32.2. The van der Waals surface area contributed by atoms with Crippen LogP contribution in [0.25, 0.3) is 0 Å². The quantitative estimate of drug-likeness (QED) is 0.576. The van der Waals surface area contributed by atoms with Gasteiger partial charge in [0, 0.05) is 24.8 Å². The lowest BCUT2D eigenvalue weighted by Crippen LogP contribution is -2.24. The van der Waals surface area contributed by atoms with Crippen LogP contribution in [0.2, 0.25) is 0 Å². The van der Waals surface area contributed by atoms with Crippen LogP contribution in [-0.2, 0) is 9.53 Å². The second-order valence-electron chi connectivity index (χ2n) is 2.95. The molecular formula is C10H14N2O3S. The summed E-state index contributed by atoms with van der Waals surface area (Å²) in [5.41, 5.74) is 0. The first-order valence-corrected chi connectivity index (χ1v) is 5.96. The van der Waals surface area contributed by atoms with Crippen molar-refractivity contribution >= 4 is 17.7 Å². The highest BCUT2D eigenvalue weighted by Crippen LogP contribution is 2.14. The van der Waals surface area contributed by atoms with Gasteiger partial charge in [0.25, 0.3) is 0 Å². The van der Waals surface area contributed by atoms with Crippen LogP contribution in [0.5, 0.6) is 0 Å². The van der Waals surface area contributed by atoms with Crippen LogP contribution in [0, 0.1) is 0 Å². The summed E-state index contributed by atoms with van der Waals surface area (Å²) in [4.78, 5) is 18.8. The van der Waals surface area contributed by atoms with Gasteiger partial charge in [0.1, 0.15) is 0 Å². The van der Waals surface area contributed by atoms with Crippen molar-refractivity contribution in [2.24, 2.45) is 0 Å². The molecule has 0 aliphatic carbocycles. The molecule has 0 saturated heterocycles. The molecule has 0 spiro atoms. The van der Waals surface area contributed by atoms with Crippen molar-refractivity contribution in [3.63, 3.8) is 0 Å². The summed E-state index contributed by atoms with van der Waals surface area (Å²) in [5.74, 6) is -0.294. The summed E-state index contributed by atoms with van der Waals surface area (Å²) in [6, 6.07) is 1.74. The first-order valence-electron chi connectivity index (χ1n) is 4.98. The van der Waals surface area contributed by atoms with Gasteiger partial charge in [-0.2, -0.15) is 0 Å². The third-order valence-corrected chi connectivity index (χ3v) is 2.71. The minimum Gasteiger partial charge on any atom is -0.479 e. The average molecular weight is 242 g/mol. The van der Waals surface area contributed by atoms with Gasteiger partial charge in [-0.25, -0.2) is 14.8 Å². The number of ether oxygens (including phenoxy) is 1. The van der Waals surface area contributed by atoms with E-state index in [4.69, 9.17) is 9.84 Å². The SMILES string of the molecule is CCOC(CCSc1ncccn1)C(=O)O. The molecule has 0 saturated carbocycles. The molecule has 1 N–H and O–H groups in total. The largest absolute Gasteiger partial charge is 0.479 e. The van der Waals surface area contributed by atoms with Gasteiger partial charge in [-0.05, 0) is 19.4 Å². The molecule has 1 unspecified atom stereocenters. The van der Waals surface area contributed by atoms with E-state index in [-0.39, 0.29) is 0 Å². The number of nitrogens with zero attached hydrogens (tertiary/aromatic N) is 2. The first-order chi connectivity index (χ1) is 7.74. The molecule has 0 aromatic carbocycles. The van der Waals surface area contributed by atoms with Crippen molar-refractivity contribution < 1.29 is 14.6 Å². The summed E-state index contributed by atoms with van der Waals surface area (Å²) in [6.07, 6.45) is 3.03. The van der Waals surface area contributed by atoms with Crippen molar-refractivity contribution in [2.45, 2.75) is 24.6 Å². The Hall–Kier alpha value is -1.14. The lowest BCUT2D eigenvalue weighted by Gasteiger charge is -2.11. The molecule has 0 aliphatic rings. The van der Waals surface area contributed by atoms with Gasteiger partial charge in [-0.3, -0.25) is 0 Å². The number of hydrogen-bond donors (Lipinski definition) is 1. The van der Waals surface area contributed by atoms with Crippen LogP contribution in [0.3, 0.4) is 0 Å². The maximum absolute atomic E-state index is 10.8. The van der Waals surface area contributed by atoms with E-state index in [1.807, 2.05) is 0 Å². The van der Waals surface area contributed by atoms with Gasteiger partial charge in [-0.1, -0.05) is 11.8 Å². The van der Waals surface area contributed by atoms with Gasteiger partial charge in [0.05, 0.1) is 0 Å². The third kappa shape index (κ3) is 4.59. The molecule has 0 amide bonds. The van der Waals surface area contributed by atoms with E-state index in [1.165, 1.54) is 11.8 Å². The average Bonchev–Trinajstić information content (AvgIpc) is 2.29. The van der Waals surface area contributed by atoms with Crippen molar-refractivity contribution in [1.82, 2.24) is 9.97 Å². The van der Waals surface area contributed by atoms with E-state index in [1.54, 1.807) is 25.4 Å². The summed E-state index contributed by atoms with van der Waals surface area (Å²) >= 11 is 1.43. The molecule has 16 heavy (non-hydrogen) atoms. The number of carbonyl (C=O) groups is 1. The van der Waals surface area contributed by atoms with Gasteiger partial charge < -0.3 is 9.84 Å². The minimum atomic E-state index is -0.920. The van der Waals surface area contributed by atoms with Crippen LogP contribution in [0.15, 0.2) is 23.6 Å². The topological polar surface area (TPSA) is 72.3 Å². The second-order valence-corrected chi connectivity index (χ2v) is 4.01. The van der Waals surface area contributed by atoms with Crippen molar-refractivity contribution in [3.05, 3.63) is 18.5 Å². The number of rotatable bonds is 7. The highest BCUT2D eigenvalue weighted by molar-refractivity contribution is 7.99. The molecule has 1 aromatic rings. The third-order valence-electron chi connectivity index (χ3n) is 1.80. The fraction of sp³-hybridized carbons (Fsp3) is 0.500. The molecule has 88 valence electrons. The van der Waals surface area contributed by atoms with E-state index in [0.717, 1.165) is 0 Å². The second kappa shape index (κ2) is 7.19. The molecule has 5 nitrogen and oxygen atoms in total. The Balaban J connectivity index is 2.31. The number of aliphatic carboxylic acids is 1. The van der Waals surface area contributed by atoms with Crippen LogP contribution in [0.4, 0.5) is 0 Å². The van der Waals surface area contributed by atoms with Crippen molar-refractivity contribution in [1.29, 1.82) is 0 Å². The maximum Gasteiger partial charge on any atom is 0.332 e. The Labute approximate surface area is 98.3 Å². The molecule has 1 heterocycles. The first kappa shape index (κ1) is 12.9. The summed E-state index contributed by atoms with van der Waals surface area (Å²) < 4.78 is 5.09. The fourth-order valence-electron chi connectivity index (χ4n) is 1.10. The molecule has 1 rings (SSSR count). The predicted octanol–water partition coefficient (Wildman–Crippen LogP) is 1.45. The lowest BCUT2D eigenvalue weighted by atomic mass is 10.3. The molecular weight excluding hydrogens is 228 g/mol. The Kier molecular flexibility index (Phi) is 5.81. The lowest BCUT2D eigenvalue weighted by molar-refractivity contribution is -0.150. The zero-order valence-electron chi connectivity index (χ0n) is 9.00. The minimum absolute atomic E-state index is 0.406. The number of carboxylic acids is 1. The summed E-state index contributed by atoms with van der Waals surface area (Å²) in [7, 11) is 0. The monoisotopic (exact) mass is 242 g/mol. The van der Waals surface area contributed by atoms with Crippen LogP contribution in [0.1, 0.15) is 13.3 Å². The van der Waals surface area contributed by atoms with Crippen molar-refractivity contribution in [2.75, 3.05) is 12.4 Å².